The van der Waals surface area contributed by atoms with Crippen LogP contribution in [0.3, 0.4) is 0 Å². The first-order valence-corrected chi connectivity index (χ1v) is 17.3. The van der Waals surface area contributed by atoms with Crippen LogP contribution in [0.2, 0.25) is 0 Å². The van der Waals surface area contributed by atoms with Crippen LogP contribution < -0.4 is 0 Å². The lowest BCUT2D eigenvalue weighted by molar-refractivity contribution is 1.70. The van der Waals surface area contributed by atoms with Gasteiger partial charge in [0.05, 0.1) is 9.40 Å². The molecule has 2 aromatic heterocycles. The van der Waals surface area contributed by atoms with Crippen molar-refractivity contribution < 1.29 is 0 Å². The molecule has 2 heteroatoms. The van der Waals surface area contributed by atoms with Gasteiger partial charge in [0.1, 0.15) is 0 Å². The average molecular weight is 619 g/mol. The molecule has 0 amide bonds. The SMILES string of the molecule is c1ccc(-c2cc3cc(-c4c5ccccc5c(-c5cccc6ccccc56)c5ccccc45)c4c5ccccc5sc4c3s2)cc1. The van der Waals surface area contributed by atoms with Crippen LogP contribution in [0.4, 0.5) is 0 Å². The lowest BCUT2D eigenvalue weighted by atomic mass is 9.83. The van der Waals surface area contributed by atoms with Crippen LogP contribution in [0.5, 0.6) is 0 Å². The molecule has 0 radical (unpaired) electrons. The highest BCUT2D eigenvalue weighted by molar-refractivity contribution is 7.32. The summed E-state index contributed by atoms with van der Waals surface area (Å²) in [5.41, 5.74) is 6.49. The minimum absolute atomic E-state index is 1.26. The van der Waals surface area contributed by atoms with E-state index in [1.54, 1.807) is 0 Å². The van der Waals surface area contributed by atoms with Gasteiger partial charge in [0.2, 0.25) is 0 Å². The van der Waals surface area contributed by atoms with Gasteiger partial charge in [-0.1, -0.05) is 140 Å². The molecular formula is C44H26S2. The molecule has 0 saturated heterocycles. The first-order chi connectivity index (χ1) is 22.8. The van der Waals surface area contributed by atoms with E-state index in [9.17, 15) is 0 Å². The minimum atomic E-state index is 1.26. The molecule has 0 aliphatic carbocycles. The third kappa shape index (κ3) is 3.78. The highest BCUT2D eigenvalue weighted by atomic mass is 32.1. The Morgan fingerprint density at radius 2 is 0.913 bits per heavy atom. The van der Waals surface area contributed by atoms with Crippen molar-refractivity contribution >= 4 is 85.2 Å². The summed E-state index contributed by atoms with van der Waals surface area (Å²) in [6, 6.07) is 58.2. The zero-order chi connectivity index (χ0) is 30.2. The quantitative estimate of drug-likeness (QED) is 0.173. The standard InChI is InChI=1S/C44H26S2/c1-2-14-28(15-3-1)39-26-29-25-37(42-36-22-10-11-24-38(36)45-44(42)43(29)46-39)41-34-20-8-6-18-32(34)40(33-19-7-9-21-35(33)41)31-23-12-16-27-13-4-5-17-30(27)31/h1-26H. The van der Waals surface area contributed by atoms with E-state index in [1.165, 1.54) is 95.3 Å². The minimum Gasteiger partial charge on any atom is -0.134 e. The fourth-order valence-corrected chi connectivity index (χ4v) is 10.0. The summed E-state index contributed by atoms with van der Waals surface area (Å²) in [5, 5.41) is 11.7. The van der Waals surface area contributed by atoms with Crippen LogP contribution in [0.1, 0.15) is 0 Å². The fourth-order valence-electron chi connectivity index (χ4n) is 7.48. The summed E-state index contributed by atoms with van der Waals surface area (Å²) in [7, 11) is 0. The van der Waals surface area contributed by atoms with E-state index >= 15 is 0 Å². The van der Waals surface area contributed by atoms with Crippen LogP contribution in [0.15, 0.2) is 158 Å². The van der Waals surface area contributed by atoms with E-state index in [1.807, 2.05) is 22.7 Å². The van der Waals surface area contributed by atoms with Crippen molar-refractivity contribution in [3.63, 3.8) is 0 Å². The molecule has 46 heavy (non-hydrogen) atoms. The summed E-state index contributed by atoms with van der Waals surface area (Å²) in [6.07, 6.45) is 0. The van der Waals surface area contributed by atoms with Gasteiger partial charge in [-0.3, -0.25) is 0 Å². The summed E-state index contributed by atoms with van der Waals surface area (Å²) < 4.78 is 4.09. The van der Waals surface area contributed by atoms with E-state index in [-0.39, 0.29) is 0 Å². The fraction of sp³-hybridized carbons (Fsp3) is 0. The zero-order valence-corrected chi connectivity index (χ0v) is 26.5. The normalized spacial score (nSPS) is 11.9. The number of rotatable bonds is 3. The van der Waals surface area contributed by atoms with E-state index in [2.05, 4.69) is 158 Å². The molecule has 8 aromatic carbocycles. The second-order valence-electron chi connectivity index (χ2n) is 12.0. The number of hydrogen-bond acceptors (Lipinski definition) is 2. The molecule has 0 fully saturated rings. The number of hydrogen-bond donors (Lipinski definition) is 0. The van der Waals surface area contributed by atoms with Gasteiger partial charge >= 0.3 is 0 Å². The van der Waals surface area contributed by atoms with Crippen LogP contribution in [0.25, 0.3) is 95.3 Å². The number of benzene rings is 8. The predicted octanol–water partition coefficient (Wildman–Crippen LogP) is 13.7. The Kier molecular flexibility index (Phi) is 5.72. The monoisotopic (exact) mass is 618 g/mol. The molecular weight excluding hydrogens is 593 g/mol. The predicted molar refractivity (Wildman–Crippen MR) is 204 cm³/mol. The summed E-state index contributed by atoms with van der Waals surface area (Å²) >= 11 is 3.85. The summed E-state index contributed by atoms with van der Waals surface area (Å²) in [4.78, 5) is 1.31. The van der Waals surface area contributed by atoms with Crippen LogP contribution in [-0.4, -0.2) is 0 Å². The maximum absolute atomic E-state index is 2.48. The molecule has 0 unspecified atom stereocenters. The van der Waals surface area contributed by atoms with E-state index in [4.69, 9.17) is 0 Å². The van der Waals surface area contributed by atoms with Gasteiger partial charge in [-0.2, -0.15) is 0 Å². The Morgan fingerprint density at radius 3 is 1.63 bits per heavy atom. The van der Waals surface area contributed by atoms with Gasteiger partial charge in [-0.15, -0.1) is 22.7 Å². The molecule has 0 saturated carbocycles. The largest absolute Gasteiger partial charge is 0.134 e. The van der Waals surface area contributed by atoms with Crippen LogP contribution >= 0.6 is 22.7 Å². The van der Waals surface area contributed by atoms with Gasteiger partial charge in [-0.05, 0) is 83.7 Å². The molecule has 0 nitrogen and oxygen atoms in total. The van der Waals surface area contributed by atoms with Gasteiger partial charge in [-0.25, -0.2) is 0 Å². The van der Waals surface area contributed by atoms with Gasteiger partial charge < -0.3 is 0 Å². The second kappa shape index (κ2) is 10.1. The molecule has 0 N–H and O–H groups in total. The lowest BCUT2D eigenvalue weighted by Gasteiger charge is -2.19. The maximum atomic E-state index is 2.48. The van der Waals surface area contributed by atoms with Crippen LogP contribution in [0, 0.1) is 0 Å². The number of thiophene rings is 2. The van der Waals surface area contributed by atoms with Crippen molar-refractivity contribution in [2.75, 3.05) is 0 Å². The highest BCUT2D eigenvalue weighted by Gasteiger charge is 2.22. The molecule has 214 valence electrons. The average Bonchev–Trinajstić information content (AvgIpc) is 3.73. The van der Waals surface area contributed by atoms with Crippen molar-refractivity contribution in [3.8, 4) is 32.7 Å². The van der Waals surface area contributed by atoms with Crippen molar-refractivity contribution in [2.24, 2.45) is 0 Å². The molecule has 0 spiro atoms. The molecule has 10 aromatic rings. The Balaban J connectivity index is 1.38. The molecule has 10 rings (SSSR count). The van der Waals surface area contributed by atoms with Crippen molar-refractivity contribution in [1.29, 1.82) is 0 Å². The Labute approximate surface area is 274 Å². The van der Waals surface area contributed by atoms with Gasteiger partial charge in [0.25, 0.3) is 0 Å². The van der Waals surface area contributed by atoms with Gasteiger partial charge in [0, 0.05) is 20.3 Å². The van der Waals surface area contributed by atoms with Crippen molar-refractivity contribution in [3.05, 3.63) is 158 Å². The topological polar surface area (TPSA) is 0 Å². The zero-order valence-electron chi connectivity index (χ0n) is 24.8. The maximum Gasteiger partial charge on any atom is 0.0540 e. The molecule has 0 aliphatic heterocycles. The van der Waals surface area contributed by atoms with Crippen LogP contribution in [-0.2, 0) is 0 Å². The third-order valence-electron chi connectivity index (χ3n) is 9.45. The first-order valence-electron chi connectivity index (χ1n) is 15.7. The van der Waals surface area contributed by atoms with Crippen molar-refractivity contribution in [2.45, 2.75) is 0 Å². The second-order valence-corrected chi connectivity index (χ2v) is 14.1. The van der Waals surface area contributed by atoms with E-state index < -0.39 is 0 Å². The molecule has 0 bridgehead atoms. The Morgan fingerprint density at radius 1 is 0.348 bits per heavy atom. The molecule has 0 aliphatic rings. The number of fused-ring (bicyclic) bond motifs is 8. The highest BCUT2D eigenvalue weighted by Crippen LogP contribution is 2.52. The molecule has 0 atom stereocenters. The van der Waals surface area contributed by atoms with E-state index in [0.717, 1.165) is 0 Å². The summed E-state index contributed by atoms with van der Waals surface area (Å²) in [5.74, 6) is 0. The third-order valence-corrected chi connectivity index (χ3v) is 12.0. The van der Waals surface area contributed by atoms with E-state index in [0.29, 0.717) is 0 Å². The van der Waals surface area contributed by atoms with Gasteiger partial charge in [0.15, 0.2) is 0 Å². The Bertz CT molecular complexity index is 2740. The smallest absolute Gasteiger partial charge is 0.0540 e. The summed E-state index contributed by atoms with van der Waals surface area (Å²) in [6.45, 7) is 0. The van der Waals surface area contributed by atoms with Crippen molar-refractivity contribution in [1.82, 2.24) is 0 Å². The Hall–Kier alpha value is -5.28. The molecule has 2 heterocycles. The first kappa shape index (κ1) is 26.0. The lowest BCUT2D eigenvalue weighted by Crippen LogP contribution is -1.92.